The maximum absolute atomic E-state index is 11.7. The minimum Gasteiger partial charge on any atom is -0.492 e. The van der Waals surface area contributed by atoms with Gasteiger partial charge in [0.1, 0.15) is 12.4 Å². The fourth-order valence-electron chi connectivity index (χ4n) is 1.72. The summed E-state index contributed by atoms with van der Waals surface area (Å²) in [4.78, 5) is 11.7. The highest BCUT2D eigenvalue weighted by molar-refractivity contribution is 9.10. The number of hydrogen-bond donors (Lipinski definition) is 2. The van der Waals surface area contributed by atoms with Crippen LogP contribution in [0.1, 0.15) is 0 Å². The normalized spacial score (nSPS) is 9.95. The van der Waals surface area contributed by atoms with E-state index >= 15 is 0 Å². The van der Waals surface area contributed by atoms with Crippen LogP contribution >= 0.6 is 15.9 Å². The second-order valence-electron chi connectivity index (χ2n) is 4.34. The molecule has 0 aliphatic heterocycles. The largest absolute Gasteiger partial charge is 0.492 e. The first-order valence-corrected chi connectivity index (χ1v) is 7.48. The molecule has 0 atom stereocenters. The second-order valence-corrected chi connectivity index (χ2v) is 5.20. The lowest BCUT2D eigenvalue weighted by Gasteiger charge is -2.10. The summed E-state index contributed by atoms with van der Waals surface area (Å²) < 4.78 is 6.43. The van der Waals surface area contributed by atoms with Gasteiger partial charge in [-0.05, 0) is 40.2 Å². The Bertz CT molecular complexity index is 575. The Balaban J connectivity index is 1.63. The Hall–Kier alpha value is -2.01. The van der Waals surface area contributed by atoms with Crippen LogP contribution in [-0.4, -0.2) is 25.6 Å². The molecule has 0 bridgehead atoms. The number of anilines is 1. The standard InChI is InChI=1S/C16H17BrN2O2/c17-14-8-4-5-9-15(14)19-12-16(20)18-10-11-21-13-6-2-1-3-7-13/h1-9,19H,10-12H2,(H,18,20). The number of para-hydroxylation sites is 2. The molecule has 110 valence electrons. The fraction of sp³-hybridized carbons (Fsp3) is 0.188. The summed E-state index contributed by atoms with van der Waals surface area (Å²) in [5, 5.41) is 5.87. The topological polar surface area (TPSA) is 50.4 Å². The first kappa shape index (κ1) is 15.4. The van der Waals surface area contributed by atoms with Crippen molar-refractivity contribution in [2.75, 3.05) is 25.0 Å². The number of hydrogen-bond acceptors (Lipinski definition) is 3. The van der Waals surface area contributed by atoms with Crippen LogP contribution in [0.4, 0.5) is 5.69 Å². The number of ether oxygens (including phenoxy) is 1. The lowest BCUT2D eigenvalue weighted by molar-refractivity contribution is -0.119. The van der Waals surface area contributed by atoms with Gasteiger partial charge in [-0.3, -0.25) is 4.79 Å². The highest BCUT2D eigenvalue weighted by Crippen LogP contribution is 2.20. The third-order valence-electron chi connectivity index (χ3n) is 2.75. The fourth-order valence-corrected chi connectivity index (χ4v) is 2.14. The quantitative estimate of drug-likeness (QED) is 0.756. The van der Waals surface area contributed by atoms with Crippen molar-refractivity contribution in [1.82, 2.24) is 5.32 Å². The predicted octanol–water partition coefficient (Wildman–Crippen LogP) is 3.06. The molecule has 1 amide bonds. The van der Waals surface area contributed by atoms with E-state index in [0.717, 1.165) is 15.9 Å². The minimum atomic E-state index is -0.0672. The molecule has 2 rings (SSSR count). The first-order valence-electron chi connectivity index (χ1n) is 6.68. The highest BCUT2D eigenvalue weighted by atomic mass is 79.9. The van der Waals surface area contributed by atoms with Gasteiger partial charge in [-0.15, -0.1) is 0 Å². The van der Waals surface area contributed by atoms with Gasteiger partial charge >= 0.3 is 0 Å². The Labute approximate surface area is 132 Å². The van der Waals surface area contributed by atoms with Crippen LogP contribution in [0, 0.1) is 0 Å². The lowest BCUT2D eigenvalue weighted by atomic mass is 10.3. The number of carbonyl (C=O) groups excluding carboxylic acids is 1. The van der Waals surface area contributed by atoms with E-state index in [1.54, 1.807) is 0 Å². The van der Waals surface area contributed by atoms with Crippen molar-refractivity contribution in [3.05, 3.63) is 59.1 Å². The summed E-state index contributed by atoms with van der Waals surface area (Å²) in [7, 11) is 0. The molecule has 0 radical (unpaired) electrons. The molecule has 0 spiro atoms. The van der Waals surface area contributed by atoms with E-state index in [1.807, 2.05) is 54.6 Å². The van der Waals surface area contributed by atoms with Gasteiger partial charge < -0.3 is 15.4 Å². The predicted molar refractivity (Wildman–Crippen MR) is 87.6 cm³/mol. The van der Waals surface area contributed by atoms with E-state index < -0.39 is 0 Å². The number of rotatable bonds is 7. The summed E-state index contributed by atoms with van der Waals surface area (Å²) in [5.74, 6) is 0.737. The molecule has 5 heteroatoms. The SMILES string of the molecule is O=C(CNc1ccccc1Br)NCCOc1ccccc1. The van der Waals surface area contributed by atoms with E-state index in [-0.39, 0.29) is 12.5 Å². The van der Waals surface area contributed by atoms with Crippen LogP contribution in [-0.2, 0) is 4.79 Å². The zero-order valence-corrected chi connectivity index (χ0v) is 13.1. The van der Waals surface area contributed by atoms with Gasteiger partial charge in [0.15, 0.2) is 0 Å². The molecule has 2 aromatic rings. The van der Waals surface area contributed by atoms with Gasteiger partial charge in [-0.2, -0.15) is 0 Å². The molecule has 21 heavy (non-hydrogen) atoms. The smallest absolute Gasteiger partial charge is 0.239 e. The van der Waals surface area contributed by atoms with Gasteiger partial charge in [0.05, 0.1) is 13.1 Å². The molecule has 0 aromatic heterocycles. The molecular formula is C16H17BrN2O2. The van der Waals surface area contributed by atoms with Crippen LogP contribution < -0.4 is 15.4 Å². The van der Waals surface area contributed by atoms with Crippen molar-refractivity contribution >= 4 is 27.5 Å². The molecule has 0 aliphatic rings. The number of halogens is 1. The van der Waals surface area contributed by atoms with Gasteiger partial charge in [-0.1, -0.05) is 30.3 Å². The summed E-state index contributed by atoms with van der Waals surface area (Å²) in [6, 6.07) is 17.2. The molecule has 2 N–H and O–H groups in total. The van der Waals surface area contributed by atoms with Crippen LogP contribution in [0.15, 0.2) is 59.1 Å². The molecule has 2 aromatic carbocycles. The van der Waals surface area contributed by atoms with Gasteiger partial charge in [-0.25, -0.2) is 0 Å². The van der Waals surface area contributed by atoms with Crippen LogP contribution in [0.3, 0.4) is 0 Å². The van der Waals surface area contributed by atoms with Crippen molar-refractivity contribution in [2.24, 2.45) is 0 Å². The summed E-state index contributed by atoms with van der Waals surface area (Å²) in [6.07, 6.45) is 0. The zero-order chi connectivity index (χ0) is 14.9. The van der Waals surface area contributed by atoms with E-state index in [4.69, 9.17) is 4.74 Å². The van der Waals surface area contributed by atoms with Gasteiger partial charge in [0, 0.05) is 10.2 Å². The highest BCUT2D eigenvalue weighted by Gasteiger charge is 2.02. The lowest BCUT2D eigenvalue weighted by Crippen LogP contribution is -2.33. The summed E-state index contributed by atoms with van der Waals surface area (Å²) in [5.41, 5.74) is 0.896. The van der Waals surface area contributed by atoms with Crippen LogP contribution in [0.2, 0.25) is 0 Å². The Morgan fingerprint density at radius 2 is 1.76 bits per heavy atom. The van der Waals surface area contributed by atoms with E-state index in [0.29, 0.717) is 13.2 Å². The number of amides is 1. The van der Waals surface area contributed by atoms with Crippen molar-refractivity contribution < 1.29 is 9.53 Å². The van der Waals surface area contributed by atoms with E-state index in [1.165, 1.54) is 0 Å². The molecule has 0 unspecified atom stereocenters. The summed E-state index contributed by atoms with van der Waals surface area (Å²) in [6.45, 7) is 1.16. The second kappa shape index (κ2) is 8.32. The van der Waals surface area contributed by atoms with E-state index in [2.05, 4.69) is 26.6 Å². The molecule has 0 saturated heterocycles. The zero-order valence-electron chi connectivity index (χ0n) is 11.5. The van der Waals surface area contributed by atoms with Crippen molar-refractivity contribution in [3.63, 3.8) is 0 Å². The third kappa shape index (κ3) is 5.47. The van der Waals surface area contributed by atoms with Crippen molar-refractivity contribution in [2.45, 2.75) is 0 Å². The van der Waals surface area contributed by atoms with Crippen LogP contribution in [0.5, 0.6) is 5.75 Å². The number of nitrogens with one attached hydrogen (secondary N) is 2. The molecular weight excluding hydrogens is 332 g/mol. The van der Waals surface area contributed by atoms with Gasteiger partial charge in [0.25, 0.3) is 0 Å². The maximum atomic E-state index is 11.7. The van der Waals surface area contributed by atoms with Gasteiger partial charge in [0.2, 0.25) is 5.91 Å². The average molecular weight is 349 g/mol. The molecule has 0 fully saturated rings. The molecule has 4 nitrogen and oxygen atoms in total. The van der Waals surface area contributed by atoms with Crippen molar-refractivity contribution in [3.8, 4) is 5.75 Å². The first-order chi connectivity index (χ1) is 10.3. The average Bonchev–Trinajstić information content (AvgIpc) is 2.52. The minimum absolute atomic E-state index is 0.0672. The monoisotopic (exact) mass is 348 g/mol. The Morgan fingerprint density at radius 3 is 2.52 bits per heavy atom. The maximum Gasteiger partial charge on any atom is 0.239 e. The number of carbonyl (C=O) groups is 1. The molecule has 0 saturated carbocycles. The molecule has 0 heterocycles. The number of benzene rings is 2. The Kier molecular flexibility index (Phi) is 6.09. The van der Waals surface area contributed by atoms with Crippen LogP contribution in [0.25, 0.3) is 0 Å². The third-order valence-corrected chi connectivity index (χ3v) is 3.44. The van der Waals surface area contributed by atoms with E-state index in [9.17, 15) is 4.79 Å². The van der Waals surface area contributed by atoms with Crippen molar-refractivity contribution in [1.29, 1.82) is 0 Å². The Morgan fingerprint density at radius 1 is 1.05 bits per heavy atom. The summed E-state index contributed by atoms with van der Waals surface area (Å²) >= 11 is 3.42. The molecule has 0 aliphatic carbocycles.